The van der Waals surface area contributed by atoms with Crippen molar-refractivity contribution in [2.24, 2.45) is 0 Å². The van der Waals surface area contributed by atoms with Crippen LogP contribution in [0.3, 0.4) is 0 Å². The molecule has 1 unspecified atom stereocenters. The van der Waals surface area contributed by atoms with Crippen molar-refractivity contribution in [2.45, 2.75) is 13.0 Å². The number of anilines is 2. The number of ether oxygens (including phenoxy) is 1. The predicted molar refractivity (Wildman–Crippen MR) is 67.1 cm³/mol. The molecule has 1 saturated heterocycles. The summed E-state index contributed by atoms with van der Waals surface area (Å²) in [6, 6.07) is 1.21. The molecule has 2 heterocycles. The standard InChI is InChI=1S/C11H17N5O2/c1-2-13-10(17)8-7-18-6-5-16(8)11-14-4-3-9(12)15-11/h3-4,8H,2,5-7H2,1H3,(H,13,17)(H2,12,14,15). The lowest BCUT2D eigenvalue weighted by molar-refractivity contribution is -0.124. The number of rotatable bonds is 3. The quantitative estimate of drug-likeness (QED) is 0.745. The maximum absolute atomic E-state index is 11.9. The van der Waals surface area contributed by atoms with Crippen molar-refractivity contribution in [3.63, 3.8) is 0 Å². The number of likely N-dealkylation sites (N-methyl/N-ethyl adjacent to an activating group) is 1. The van der Waals surface area contributed by atoms with Gasteiger partial charge in [0.15, 0.2) is 0 Å². The normalized spacial score (nSPS) is 19.6. The van der Waals surface area contributed by atoms with Gasteiger partial charge in [0.05, 0.1) is 13.2 Å². The number of nitrogens with two attached hydrogens (primary N) is 1. The van der Waals surface area contributed by atoms with Crippen LogP contribution in [0.15, 0.2) is 12.3 Å². The Labute approximate surface area is 105 Å². The molecule has 7 nitrogen and oxygen atoms in total. The number of amides is 1. The molecule has 0 aliphatic carbocycles. The Balaban J connectivity index is 2.20. The van der Waals surface area contributed by atoms with Crippen LogP contribution in [0.2, 0.25) is 0 Å². The maximum Gasteiger partial charge on any atom is 0.245 e. The molecule has 0 saturated carbocycles. The molecule has 1 amide bonds. The van der Waals surface area contributed by atoms with Crippen molar-refractivity contribution in [3.05, 3.63) is 12.3 Å². The highest BCUT2D eigenvalue weighted by Crippen LogP contribution is 2.15. The largest absolute Gasteiger partial charge is 0.384 e. The molecule has 1 aliphatic rings. The zero-order valence-corrected chi connectivity index (χ0v) is 10.3. The molecule has 1 atom stereocenters. The van der Waals surface area contributed by atoms with Crippen LogP contribution in [0.1, 0.15) is 6.92 Å². The summed E-state index contributed by atoms with van der Waals surface area (Å²) in [6.07, 6.45) is 1.59. The molecule has 18 heavy (non-hydrogen) atoms. The van der Waals surface area contributed by atoms with E-state index in [4.69, 9.17) is 10.5 Å². The highest BCUT2D eigenvalue weighted by molar-refractivity contribution is 5.85. The molecule has 0 bridgehead atoms. The number of morpholine rings is 1. The third-order valence-electron chi connectivity index (χ3n) is 2.70. The number of carbonyl (C=O) groups excluding carboxylic acids is 1. The van der Waals surface area contributed by atoms with Gasteiger partial charge >= 0.3 is 0 Å². The fourth-order valence-electron chi connectivity index (χ4n) is 1.85. The van der Waals surface area contributed by atoms with Crippen LogP contribution in [0.4, 0.5) is 11.8 Å². The van der Waals surface area contributed by atoms with E-state index in [-0.39, 0.29) is 5.91 Å². The van der Waals surface area contributed by atoms with E-state index >= 15 is 0 Å². The molecule has 7 heteroatoms. The lowest BCUT2D eigenvalue weighted by Gasteiger charge is -2.34. The van der Waals surface area contributed by atoms with Crippen molar-refractivity contribution in [1.82, 2.24) is 15.3 Å². The summed E-state index contributed by atoms with van der Waals surface area (Å²) in [6.45, 7) is 3.92. The van der Waals surface area contributed by atoms with Gasteiger partial charge in [-0.05, 0) is 13.0 Å². The molecule has 3 N–H and O–H groups in total. The Bertz CT molecular complexity index is 426. The van der Waals surface area contributed by atoms with Gasteiger partial charge < -0.3 is 20.7 Å². The first kappa shape index (κ1) is 12.6. The molecule has 0 spiro atoms. The fraction of sp³-hybridized carbons (Fsp3) is 0.545. The number of hydrogen-bond donors (Lipinski definition) is 2. The lowest BCUT2D eigenvalue weighted by atomic mass is 10.2. The summed E-state index contributed by atoms with van der Waals surface area (Å²) in [5, 5.41) is 2.78. The summed E-state index contributed by atoms with van der Waals surface area (Å²) >= 11 is 0. The number of carbonyl (C=O) groups is 1. The zero-order valence-electron chi connectivity index (χ0n) is 10.3. The first-order chi connectivity index (χ1) is 8.72. The van der Waals surface area contributed by atoms with Crippen molar-refractivity contribution >= 4 is 17.7 Å². The van der Waals surface area contributed by atoms with Crippen LogP contribution >= 0.6 is 0 Å². The summed E-state index contributed by atoms with van der Waals surface area (Å²) in [7, 11) is 0. The first-order valence-electron chi connectivity index (χ1n) is 5.93. The number of aromatic nitrogens is 2. The monoisotopic (exact) mass is 251 g/mol. The molecule has 1 aliphatic heterocycles. The smallest absolute Gasteiger partial charge is 0.245 e. The van der Waals surface area contributed by atoms with Crippen LogP contribution in [0, 0.1) is 0 Å². The van der Waals surface area contributed by atoms with Crippen molar-refractivity contribution < 1.29 is 9.53 Å². The molecular weight excluding hydrogens is 234 g/mol. The van der Waals surface area contributed by atoms with E-state index in [1.807, 2.05) is 11.8 Å². The van der Waals surface area contributed by atoms with E-state index in [1.165, 1.54) is 0 Å². The number of hydrogen-bond acceptors (Lipinski definition) is 6. The van der Waals surface area contributed by atoms with Gasteiger partial charge in [-0.25, -0.2) is 4.98 Å². The van der Waals surface area contributed by atoms with E-state index in [9.17, 15) is 4.79 Å². The molecule has 1 aromatic rings. The third kappa shape index (κ3) is 2.67. The lowest BCUT2D eigenvalue weighted by Crippen LogP contribution is -2.54. The minimum atomic E-state index is -0.402. The van der Waals surface area contributed by atoms with Crippen LogP contribution in [0.5, 0.6) is 0 Å². The summed E-state index contributed by atoms with van der Waals surface area (Å²) in [5.41, 5.74) is 5.64. The second-order valence-electron chi connectivity index (χ2n) is 3.96. The Morgan fingerprint density at radius 3 is 3.28 bits per heavy atom. The van der Waals surface area contributed by atoms with E-state index in [0.717, 1.165) is 0 Å². The summed E-state index contributed by atoms with van der Waals surface area (Å²) in [5.74, 6) is 0.777. The van der Waals surface area contributed by atoms with E-state index in [2.05, 4.69) is 15.3 Å². The van der Waals surface area contributed by atoms with Crippen LogP contribution in [0.25, 0.3) is 0 Å². The molecule has 1 fully saturated rings. The Kier molecular flexibility index (Phi) is 3.93. The Morgan fingerprint density at radius 1 is 1.72 bits per heavy atom. The fourth-order valence-corrected chi connectivity index (χ4v) is 1.85. The minimum Gasteiger partial charge on any atom is -0.384 e. The highest BCUT2D eigenvalue weighted by atomic mass is 16.5. The number of nitrogens with one attached hydrogen (secondary N) is 1. The SMILES string of the molecule is CCNC(=O)C1COCCN1c1nccc(N)n1. The second-order valence-corrected chi connectivity index (χ2v) is 3.96. The highest BCUT2D eigenvalue weighted by Gasteiger charge is 2.30. The van der Waals surface area contributed by atoms with Crippen molar-refractivity contribution in [3.8, 4) is 0 Å². The van der Waals surface area contributed by atoms with Gasteiger partial charge in [-0.1, -0.05) is 0 Å². The number of nitrogen functional groups attached to an aromatic ring is 1. The van der Waals surface area contributed by atoms with Gasteiger partial charge in [-0.15, -0.1) is 0 Å². The third-order valence-corrected chi connectivity index (χ3v) is 2.70. The van der Waals surface area contributed by atoms with Crippen molar-refractivity contribution in [1.29, 1.82) is 0 Å². The summed E-state index contributed by atoms with van der Waals surface area (Å²) < 4.78 is 5.34. The molecular formula is C11H17N5O2. The first-order valence-corrected chi connectivity index (χ1v) is 5.93. The molecule has 98 valence electrons. The van der Waals surface area contributed by atoms with Gasteiger partial charge in [0.25, 0.3) is 0 Å². The zero-order chi connectivity index (χ0) is 13.0. The van der Waals surface area contributed by atoms with Gasteiger partial charge in [0, 0.05) is 19.3 Å². The average Bonchev–Trinajstić information content (AvgIpc) is 2.39. The van der Waals surface area contributed by atoms with Gasteiger partial charge in [0.2, 0.25) is 11.9 Å². The minimum absolute atomic E-state index is 0.0803. The molecule has 0 radical (unpaired) electrons. The van der Waals surface area contributed by atoms with Crippen LogP contribution in [-0.2, 0) is 9.53 Å². The van der Waals surface area contributed by atoms with Crippen LogP contribution < -0.4 is 16.0 Å². The van der Waals surface area contributed by atoms with Crippen molar-refractivity contribution in [2.75, 3.05) is 36.9 Å². The number of nitrogens with zero attached hydrogens (tertiary/aromatic N) is 3. The van der Waals surface area contributed by atoms with Gasteiger partial charge in [0.1, 0.15) is 11.9 Å². The average molecular weight is 251 g/mol. The van der Waals surface area contributed by atoms with Gasteiger partial charge in [-0.2, -0.15) is 4.98 Å². The topological polar surface area (TPSA) is 93.4 Å². The molecule has 0 aromatic carbocycles. The Hall–Kier alpha value is -1.89. The van der Waals surface area contributed by atoms with E-state index in [1.54, 1.807) is 12.3 Å². The Morgan fingerprint density at radius 2 is 2.56 bits per heavy atom. The van der Waals surface area contributed by atoms with Gasteiger partial charge in [-0.3, -0.25) is 4.79 Å². The second kappa shape index (κ2) is 5.63. The maximum atomic E-state index is 11.9. The van der Waals surface area contributed by atoms with E-state index in [0.29, 0.717) is 38.1 Å². The molecule has 2 rings (SSSR count). The predicted octanol–water partition coefficient (Wildman–Crippen LogP) is -0.600. The summed E-state index contributed by atoms with van der Waals surface area (Å²) in [4.78, 5) is 22.1. The van der Waals surface area contributed by atoms with E-state index < -0.39 is 6.04 Å². The van der Waals surface area contributed by atoms with Crippen LogP contribution in [-0.4, -0.2) is 48.2 Å². The molecule has 1 aromatic heterocycles.